The van der Waals surface area contributed by atoms with Gasteiger partial charge in [-0.1, -0.05) is 0 Å². The molecule has 1 saturated heterocycles. The normalized spacial score (nSPS) is 24.7. The van der Waals surface area contributed by atoms with E-state index >= 15 is 0 Å². The van der Waals surface area contributed by atoms with Gasteiger partial charge in [-0.2, -0.15) is 0 Å². The first kappa shape index (κ1) is 17.8. The van der Waals surface area contributed by atoms with E-state index in [0.717, 1.165) is 6.42 Å². The zero-order chi connectivity index (χ0) is 17.4. The summed E-state index contributed by atoms with van der Waals surface area (Å²) in [4.78, 5) is 25.2. The molecule has 1 heterocycles. The Labute approximate surface area is 138 Å². The Balaban J connectivity index is 1.61. The fourth-order valence-corrected chi connectivity index (χ4v) is 2.36. The van der Waals surface area contributed by atoms with Crippen LogP contribution in [-0.4, -0.2) is 59.5 Å². The van der Waals surface area contributed by atoms with Gasteiger partial charge in [0.2, 0.25) is 0 Å². The van der Waals surface area contributed by atoms with Gasteiger partial charge in [0.25, 0.3) is 0 Å². The summed E-state index contributed by atoms with van der Waals surface area (Å²) < 4.78 is 10.5. The third kappa shape index (κ3) is 5.89. The van der Waals surface area contributed by atoms with Gasteiger partial charge in [-0.3, -0.25) is 0 Å². The summed E-state index contributed by atoms with van der Waals surface area (Å²) in [5.41, 5.74) is -0.946. The van der Waals surface area contributed by atoms with E-state index in [2.05, 4.69) is 10.6 Å². The van der Waals surface area contributed by atoms with Gasteiger partial charge in [0.05, 0.1) is 0 Å². The number of alkyl carbamates (subject to hydrolysis) is 1. The predicted molar refractivity (Wildman–Crippen MR) is 86.3 cm³/mol. The molecule has 1 saturated carbocycles. The number of carbonyl (C=O) groups excluding carboxylic acids is 2. The lowest BCUT2D eigenvalue weighted by molar-refractivity contribution is 0.00509. The smallest absolute Gasteiger partial charge is 0.410 e. The van der Waals surface area contributed by atoms with Crippen LogP contribution in [0.4, 0.5) is 9.59 Å². The van der Waals surface area contributed by atoms with Crippen molar-refractivity contribution in [3.63, 3.8) is 0 Å². The molecule has 2 rings (SSSR count). The quantitative estimate of drug-likeness (QED) is 0.827. The Morgan fingerprint density at radius 2 is 1.52 bits per heavy atom. The summed E-state index contributed by atoms with van der Waals surface area (Å²) in [6, 6.07) is 0.631. The van der Waals surface area contributed by atoms with Crippen LogP contribution in [0.2, 0.25) is 0 Å². The van der Waals surface area contributed by atoms with Crippen molar-refractivity contribution in [1.82, 2.24) is 15.5 Å². The summed E-state index contributed by atoms with van der Waals surface area (Å²) in [5.74, 6) is 0. The Morgan fingerprint density at radius 3 is 2.04 bits per heavy atom. The largest absolute Gasteiger partial charge is 0.444 e. The topological polar surface area (TPSA) is 79.9 Å². The second-order valence-corrected chi connectivity index (χ2v) is 8.34. The molecular formula is C16H29N3O4. The van der Waals surface area contributed by atoms with Crippen molar-refractivity contribution >= 4 is 12.2 Å². The minimum Gasteiger partial charge on any atom is -0.444 e. The first-order valence-corrected chi connectivity index (χ1v) is 8.16. The molecule has 0 bridgehead atoms. The van der Waals surface area contributed by atoms with E-state index in [1.165, 1.54) is 0 Å². The van der Waals surface area contributed by atoms with Crippen molar-refractivity contribution in [2.45, 2.75) is 77.3 Å². The summed E-state index contributed by atoms with van der Waals surface area (Å²) in [7, 11) is 0. The van der Waals surface area contributed by atoms with E-state index in [0.29, 0.717) is 13.1 Å². The second kappa shape index (κ2) is 6.19. The Bertz CT molecular complexity index is 461. The van der Waals surface area contributed by atoms with Crippen molar-refractivity contribution < 1.29 is 19.1 Å². The van der Waals surface area contributed by atoms with Crippen molar-refractivity contribution in [3.8, 4) is 0 Å². The summed E-state index contributed by atoms with van der Waals surface area (Å²) in [5, 5.41) is 6.29. The Kier molecular flexibility index (Phi) is 4.80. The van der Waals surface area contributed by atoms with Crippen LogP contribution in [0, 0.1) is 0 Å². The number of amides is 2. The monoisotopic (exact) mass is 327 g/mol. The molecule has 2 N–H and O–H groups in total. The Morgan fingerprint density at radius 1 is 0.957 bits per heavy atom. The van der Waals surface area contributed by atoms with Gasteiger partial charge in [-0.05, 0) is 48.0 Å². The van der Waals surface area contributed by atoms with Crippen LogP contribution in [0.1, 0.15) is 48.0 Å². The molecular weight excluding hydrogens is 298 g/mol. The van der Waals surface area contributed by atoms with Gasteiger partial charge in [-0.25, -0.2) is 9.59 Å². The first-order valence-electron chi connectivity index (χ1n) is 8.16. The Hall–Kier alpha value is -1.50. The fraction of sp³-hybridized carbons (Fsp3) is 0.875. The van der Waals surface area contributed by atoms with Gasteiger partial charge in [-0.15, -0.1) is 0 Å². The molecule has 7 heteroatoms. The molecule has 2 unspecified atom stereocenters. The lowest BCUT2D eigenvalue weighted by atomic mass is 10.1. The molecule has 2 atom stereocenters. The molecule has 1 aliphatic heterocycles. The van der Waals surface area contributed by atoms with Crippen LogP contribution in [0.15, 0.2) is 0 Å². The van der Waals surface area contributed by atoms with Gasteiger partial charge >= 0.3 is 12.2 Å². The molecule has 0 aromatic carbocycles. The molecule has 2 aliphatic rings. The average Bonchev–Trinajstić information content (AvgIpc) is 2.95. The van der Waals surface area contributed by atoms with Gasteiger partial charge in [0.15, 0.2) is 0 Å². The second-order valence-electron chi connectivity index (χ2n) is 8.34. The number of hydrogen-bond donors (Lipinski definition) is 2. The van der Waals surface area contributed by atoms with Crippen molar-refractivity contribution in [3.05, 3.63) is 0 Å². The maximum atomic E-state index is 11.8. The fourth-order valence-electron chi connectivity index (χ4n) is 2.36. The predicted octanol–water partition coefficient (Wildman–Crippen LogP) is 1.86. The number of hydrogen-bond acceptors (Lipinski definition) is 5. The molecule has 132 valence electrons. The summed E-state index contributed by atoms with van der Waals surface area (Å²) in [6.45, 7) is 12.4. The summed E-state index contributed by atoms with van der Waals surface area (Å²) in [6.07, 6.45) is 0.243. The number of rotatable bonds is 3. The van der Waals surface area contributed by atoms with Gasteiger partial charge in [0.1, 0.15) is 11.2 Å². The first-order chi connectivity index (χ1) is 10.4. The van der Waals surface area contributed by atoms with E-state index < -0.39 is 11.2 Å². The van der Waals surface area contributed by atoms with E-state index in [4.69, 9.17) is 9.47 Å². The van der Waals surface area contributed by atoms with E-state index in [1.54, 1.807) is 4.90 Å². The van der Waals surface area contributed by atoms with Crippen molar-refractivity contribution in [1.29, 1.82) is 0 Å². The average molecular weight is 327 g/mol. The lowest BCUT2D eigenvalue weighted by Gasteiger charge is -2.40. The van der Waals surface area contributed by atoms with Crippen LogP contribution in [0.5, 0.6) is 0 Å². The van der Waals surface area contributed by atoms with Crippen LogP contribution < -0.4 is 10.6 Å². The zero-order valence-electron chi connectivity index (χ0n) is 14.9. The van der Waals surface area contributed by atoms with Crippen molar-refractivity contribution in [2.24, 2.45) is 0 Å². The lowest BCUT2D eigenvalue weighted by Crippen LogP contribution is -2.61. The highest BCUT2D eigenvalue weighted by molar-refractivity contribution is 5.69. The zero-order valence-corrected chi connectivity index (χ0v) is 14.9. The maximum Gasteiger partial charge on any atom is 0.410 e. The number of ether oxygens (including phenoxy) is 2. The maximum absolute atomic E-state index is 11.8. The van der Waals surface area contributed by atoms with Crippen LogP contribution in [-0.2, 0) is 9.47 Å². The molecule has 23 heavy (non-hydrogen) atoms. The minimum absolute atomic E-state index is 0.112. The highest BCUT2D eigenvalue weighted by Crippen LogP contribution is 2.25. The van der Waals surface area contributed by atoms with E-state index in [-0.39, 0.29) is 30.3 Å². The molecule has 0 radical (unpaired) electrons. The van der Waals surface area contributed by atoms with Crippen LogP contribution in [0.3, 0.4) is 0 Å². The third-order valence-electron chi connectivity index (χ3n) is 3.48. The minimum atomic E-state index is -0.482. The number of nitrogens with zero attached hydrogens (tertiary/aromatic N) is 1. The molecule has 1 aliphatic carbocycles. The molecule has 0 aromatic heterocycles. The number of nitrogens with one attached hydrogen (secondary N) is 2. The molecule has 0 spiro atoms. The third-order valence-corrected chi connectivity index (χ3v) is 3.48. The highest BCUT2D eigenvalue weighted by atomic mass is 16.6. The molecule has 7 nitrogen and oxygen atoms in total. The van der Waals surface area contributed by atoms with Crippen LogP contribution >= 0.6 is 0 Å². The molecule has 2 fully saturated rings. The van der Waals surface area contributed by atoms with Crippen LogP contribution in [0.25, 0.3) is 0 Å². The standard InChI is InChI=1S/C16H29N3O4/c1-15(2,3)22-13(20)18-12-7-11(12)17-10-8-19(9-10)14(21)23-16(4,5)6/h10-12,17H,7-9H2,1-6H3,(H,18,20). The number of carbonyl (C=O) groups is 2. The SMILES string of the molecule is CC(C)(C)OC(=O)NC1CC1NC1CN(C(=O)OC(C)(C)C)C1. The number of likely N-dealkylation sites (tertiary alicyclic amines) is 1. The van der Waals surface area contributed by atoms with E-state index in [1.807, 2.05) is 41.5 Å². The highest BCUT2D eigenvalue weighted by Gasteiger charge is 2.43. The molecule has 0 aromatic rings. The van der Waals surface area contributed by atoms with E-state index in [9.17, 15) is 9.59 Å². The van der Waals surface area contributed by atoms with Gasteiger partial charge in [0, 0.05) is 31.2 Å². The molecule has 2 amide bonds. The van der Waals surface area contributed by atoms with Crippen molar-refractivity contribution in [2.75, 3.05) is 13.1 Å². The van der Waals surface area contributed by atoms with Gasteiger partial charge < -0.3 is 25.0 Å². The summed E-state index contributed by atoms with van der Waals surface area (Å²) >= 11 is 0.